The second-order valence-corrected chi connectivity index (χ2v) is 5.19. The number of hydrogen-bond donors (Lipinski definition) is 2. The Kier molecular flexibility index (Phi) is 4.71. The van der Waals surface area contributed by atoms with E-state index in [4.69, 9.17) is 4.74 Å². The Hall–Kier alpha value is -2.48. The van der Waals surface area contributed by atoms with Crippen molar-refractivity contribution < 1.29 is 24.4 Å². The molecule has 0 saturated carbocycles. The number of nitro groups is 1. The van der Waals surface area contributed by atoms with E-state index in [9.17, 15) is 24.8 Å². The summed E-state index contributed by atoms with van der Waals surface area (Å²) in [6.45, 7) is 0.630. The summed E-state index contributed by atoms with van der Waals surface area (Å²) in [5, 5.41) is 22.7. The van der Waals surface area contributed by atoms with Gasteiger partial charge in [-0.25, -0.2) is 0 Å². The van der Waals surface area contributed by atoms with Gasteiger partial charge in [0, 0.05) is 37.5 Å². The van der Waals surface area contributed by atoms with Crippen molar-refractivity contribution in [3.8, 4) is 0 Å². The van der Waals surface area contributed by atoms with Crippen LogP contribution in [-0.4, -0.2) is 41.7 Å². The van der Waals surface area contributed by atoms with Crippen LogP contribution in [0.25, 0.3) is 0 Å². The zero-order valence-electron chi connectivity index (χ0n) is 11.8. The molecule has 1 aromatic rings. The largest absolute Gasteiger partial charge is 0.481 e. The Labute approximate surface area is 126 Å². The maximum absolute atomic E-state index is 12.1. The SMILES string of the molecule is O=C(NCC1(C(=O)O)CCOCC1)c1cccc([N+](=O)[O-])c1. The van der Waals surface area contributed by atoms with E-state index >= 15 is 0 Å². The number of rotatable bonds is 5. The first-order chi connectivity index (χ1) is 10.4. The Bertz CT molecular complexity index is 595. The van der Waals surface area contributed by atoms with E-state index in [1.165, 1.54) is 18.2 Å². The van der Waals surface area contributed by atoms with Crippen molar-refractivity contribution in [1.82, 2.24) is 5.32 Å². The average Bonchev–Trinajstić information content (AvgIpc) is 2.53. The predicted molar refractivity (Wildman–Crippen MR) is 75.6 cm³/mol. The number of nitrogens with zero attached hydrogens (tertiary/aromatic N) is 1. The molecule has 0 aliphatic carbocycles. The standard InChI is InChI=1S/C14H16N2O6/c17-12(10-2-1-3-11(8-10)16(20)21)15-9-14(13(18)19)4-6-22-7-5-14/h1-3,8H,4-7,9H2,(H,15,17)(H,18,19). The van der Waals surface area contributed by atoms with Crippen molar-refractivity contribution in [2.45, 2.75) is 12.8 Å². The van der Waals surface area contributed by atoms with Crippen LogP contribution in [-0.2, 0) is 9.53 Å². The molecule has 1 saturated heterocycles. The molecule has 8 nitrogen and oxygen atoms in total. The number of aliphatic carboxylic acids is 1. The molecule has 1 heterocycles. The number of nitro benzene ring substituents is 1. The highest BCUT2D eigenvalue weighted by Crippen LogP contribution is 2.30. The Morgan fingerprint density at radius 1 is 1.36 bits per heavy atom. The number of carboxylic acid groups (broad SMARTS) is 1. The number of hydrogen-bond acceptors (Lipinski definition) is 5. The highest BCUT2D eigenvalue weighted by atomic mass is 16.6. The molecule has 1 amide bonds. The summed E-state index contributed by atoms with van der Waals surface area (Å²) >= 11 is 0. The summed E-state index contributed by atoms with van der Waals surface area (Å²) in [6.07, 6.45) is 0.634. The molecule has 0 aromatic heterocycles. The van der Waals surface area contributed by atoms with Crippen LogP contribution >= 0.6 is 0 Å². The van der Waals surface area contributed by atoms with Crippen molar-refractivity contribution in [1.29, 1.82) is 0 Å². The lowest BCUT2D eigenvalue weighted by Gasteiger charge is -2.33. The lowest BCUT2D eigenvalue weighted by atomic mass is 9.80. The minimum atomic E-state index is -1.05. The molecule has 1 aromatic carbocycles. The summed E-state index contributed by atoms with van der Waals surface area (Å²) in [5.41, 5.74) is -1.11. The smallest absolute Gasteiger partial charge is 0.311 e. The highest BCUT2D eigenvalue weighted by molar-refractivity contribution is 5.95. The fourth-order valence-electron chi connectivity index (χ4n) is 2.34. The molecular weight excluding hydrogens is 292 g/mol. The fraction of sp³-hybridized carbons (Fsp3) is 0.429. The molecule has 1 fully saturated rings. The van der Waals surface area contributed by atoms with Crippen LogP contribution in [0.15, 0.2) is 24.3 Å². The minimum absolute atomic E-state index is 0.0345. The van der Waals surface area contributed by atoms with E-state index in [1.807, 2.05) is 0 Å². The normalized spacial score (nSPS) is 16.7. The predicted octanol–water partition coefficient (Wildman–Crippen LogP) is 1.21. The fourth-order valence-corrected chi connectivity index (χ4v) is 2.34. The van der Waals surface area contributed by atoms with Gasteiger partial charge in [0.05, 0.1) is 10.3 Å². The van der Waals surface area contributed by atoms with Gasteiger partial charge < -0.3 is 15.2 Å². The second kappa shape index (κ2) is 6.52. The maximum atomic E-state index is 12.1. The number of nitrogens with one attached hydrogen (secondary N) is 1. The summed E-state index contributed by atoms with van der Waals surface area (Å²) < 4.78 is 5.16. The van der Waals surface area contributed by atoms with Crippen LogP contribution in [0.4, 0.5) is 5.69 Å². The van der Waals surface area contributed by atoms with Crippen molar-refractivity contribution in [3.05, 3.63) is 39.9 Å². The van der Waals surface area contributed by atoms with Crippen LogP contribution in [0.2, 0.25) is 0 Å². The molecule has 0 bridgehead atoms. The highest BCUT2D eigenvalue weighted by Gasteiger charge is 2.40. The lowest BCUT2D eigenvalue weighted by molar-refractivity contribution is -0.384. The summed E-state index contributed by atoms with van der Waals surface area (Å²) in [6, 6.07) is 5.30. The third-order valence-electron chi connectivity index (χ3n) is 3.81. The van der Waals surface area contributed by atoms with Crippen molar-refractivity contribution >= 4 is 17.6 Å². The van der Waals surface area contributed by atoms with Gasteiger partial charge in [0.15, 0.2) is 0 Å². The molecule has 2 N–H and O–H groups in total. The van der Waals surface area contributed by atoms with Gasteiger partial charge in [0.25, 0.3) is 11.6 Å². The van der Waals surface area contributed by atoms with Gasteiger partial charge in [-0.2, -0.15) is 0 Å². The third-order valence-corrected chi connectivity index (χ3v) is 3.81. The van der Waals surface area contributed by atoms with E-state index in [0.29, 0.717) is 26.1 Å². The van der Waals surface area contributed by atoms with Crippen LogP contribution in [0, 0.1) is 15.5 Å². The first kappa shape index (κ1) is 15.9. The van der Waals surface area contributed by atoms with Gasteiger partial charge in [-0.1, -0.05) is 6.07 Å². The Balaban J connectivity index is 2.06. The number of benzene rings is 1. The van der Waals surface area contributed by atoms with Crippen molar-refractivity contribution in [2.24, 2.45) is 5.41 Å². The third kappa shape index (κ3) is 3.40. The number of carbonyl (C=O) groups excluding carboxylic acids is 1. The van der Waals surface area contributed by atoms with E-state index in [2.05, 4.69) is 5.32 Å². The second-order valence-electron chi connectivity index (χ2n) is 5.19. The minimum Gasteiger partial charge on any atom is -0.481 e. The van der Waals surface area contributed by atoms with Gasteiger partial charge in [-0.3, -0.25) is 19.7 Å². The van der Waals surface area contributed by atoms with E-state index < -0.39 is 22.2 Å². The topological polar surface area (TPSA) is 119 Å². The van der Waals surface area contributed by atoms with E-state index in [0.717, 1.165) is 6.07 Å². The van der Waals surface area contributed by atoms with Crippen LogP contribution in [0.1, 0.15) is 23.2 Å². The lowest BCUT2D eigenvalue weighted by Crippen LogP contribution is -2.46. The van der Waals surface area contributed by atoms with Crippen LogP contribution in [0.5, 0.6) is 0 Å². The van der Waals surface area contributed by atoms with Crippen molar-refractivity contribution in [3.63, 3.8) is 0 Å². The molecule has 118 valence electrons. The van der Waals surface area contributed by atoms with Crippen LogP contribution in [0.3, 0.4) is 0 Å². The average molecular weight is 308 g/mol. The first-order valence-electron chi connectivity index (χ1n) is 6.78. The zero-order valence-corrected chi connectivity index (χ0v) is 11.8. The van der Waals surface area contributed by atoms with Gasteiger partial charge >= 0.3 is 5.97 Å². The quantitative estimate of drug-likeness (QED) is 0.623. The first-order valence-corrected chi connectivity index (χ1v) is 6.78. The zero-order chi connectivity index (χ0) is 16.2. The number of carboxylic acids is 1. The number of carbonyl (C=O) groups is 2. The molecule has 2 rings (SSSR count). The molecule has 0 spiro atoms. The molecule has 1 aliphatic heterocycles. The summed E-state index contributed by atoms with van der Waals surface area (Å²) in [7, 11) is 0. The Morgan fingerprint density at radius 2 is 2.05 bits per heavy atom. The summed E-state index contributed by atoms with van der Waals surface area (Å²) in [5.74, 6) is -1.51. The monoisotopic (exact) mass is 308 g/mol. The Morgan fingerprint density at radius 3 is 2.64 bits per heavy atom. The molecule has 22 heavy (non-hydrogen) atoms. The molecule has 1 aliphatic rings. The summed E-state index contributed by atoms with van der Waals surface area (Å²) in [4.78, 5) is 33.7. The number of amides is 1. The van der Waals surface area contributed by atoms with E-state index in [-0.39, 0.29) is 17.8 Å². The van der Waals surface area contributed by atoms with Gasteiger partial charge in [-0.15, -0.1) is 0 Å². The molecular formula is C14H16N2O6. The van der Waals surface area contributed by atoms with Crippen LogP contribution < -0.4 is 5.32 Å². The number of ether oxygens (including phenoxy) is 1. The maximum Gasteiger partial charge on any atom is 0.311 e. The van der Waals surface area contributed by atoms with Gasteiger partial charge in [0.1, 0.15) is 0 Å². The van der Waals surface area contributed by atoms with Gasteiger partial charge in [-0.05, 0) is 18.9 Å². The molecule has 8 heteroatoms. The van der Waals surface area contributed by atoms with Gasteiger partial charge in [0.2, 0.25) is 0 Å². The molecule has 0 radical (unpaired) electrons. The molecule has 0 unspecified atom stereocenters. The van der Waals surface area contributed by atoms with E-state index in [1.54, 1.807) is 0 Å². The molecule has 0 atom stereocenters. The van der Waals surface area contributed by atoms with Crippen molar-refractivity contribution in [2.75, 3.05) is 19.8 Å². The number of non-ortho nitro benzene ring substituents is 1.